The minimum absolute atomic E-state index is 0.364. The molecule has 0 aromatic heterocycles. The Kier molecular flexibility index (Phi) is 3.22. The highest BCUT2D eigenvalue weighted by molar-refractivity contribution is 5.68. The fourth-order valence-corrected chi connectivity index (χ4v) is 1.35. The second kappa shape index (κ2) is 4.81. The lowest BCUT2D eigenvalue weighted by atomic mass is 10.2. The maximum absolute atomic E-state index is 11.4. The predicted molar refractivity (Wildman–Crippen MR) is 58.2 cm³/mol. The molecule has 1 amide bonds. The van der Waals surface area contributed by atoms with E-state index in [9.17, 15) is 4.79 Å². The maximum Gasteiger partial charge on any atom is 0.439 e. The second-order valence-corrected chi connectivity index (χ2v) is 3.50. The van der Waals surface area contributed by atoms with E-state index < -0.39 is 6.09 Å². The Bertz CT molecular complexity index is 400. The highest BCUT2D eigenvalue weighted by atomic mass is 16.7. The summed E-state index contributed by atoms with van der Waals surface area (Å²) in [4.78, 5) is 16.7. The lowest BCUT2D eigenvalue weighted by Crippen LogP contribution is -2.34. The Hall–Kier alpha value is -1.81. The van der Waals surface area contributed by atoms with Crippen LogP contribution in [0.3, 0.4) is 0 Å². The van der Waals surface area contributed by atoms with Crippen LogP contribution in [-0.4, -0.2) is 17.7 Å². The Balaban J connectivity index is 1.89. The molecule has 0 spiro atoms. The summed E-state index contributed by atoms with van der Waals surface area (Å²) in [6.45, 7) is 2.53. The molecule has 0 radical (unpaired) electrons. The number of amides is 1. The van der Waals surface area contributed by atoms with E-state index in [4.69, 9.17) is 9.57 Å². The van der Waals surface area contributed by atoms with Gasteiger partial charge in [0.25, 0.3) is 0 Å². The van der Waals surface area contributed by atoms with Crippen molar-refractivity contribution in [1.82, 2.24) is 5.06 Å². The zero-order valence-electron chi connectivity index (χ0n) is 9.05. The van der Waals surface area contributed by atoms with E-state index >= 15 is 0 Å². The van der Waals surface area contributed by atoms with E-state index in [-0.39, 0.29) is 0 Å². The van der Waals surface area contributed by atoms with Crippen LogP contribution in [0.2, 0.25) is 0 Å². The van der Waals surface area contributed by atoms with Crippen molar-refractivity contribution in [3.63, 3.8) is 0 Å². The van der Waals surface area contributed by atoms with Gasteiger partial charge in [-0.15, -0.1) is 0 Å². The molecule has 16 heavy (non-hydrogen) atoms. The van der Waals surface area contributed by atoms with Gasteiger partial charge in [0.15, 0.2) is 0 Å². The number of ether oxygens (including phenoxy) is 1. The van der Waals surface area contributed by atoms with Crippen LogP contribution in [-0.2, 0) is 16.2 Å². The van der Waals surface area contributed by atoms with Crippen LogP contribution in [0.5, 0.6) is 0 Å². The van der Waals surface area contributed by atoms with Crippen LogP contribution < -0.4 is 0 Å². The summed E-state index contributed by atoms with van der Waals surface area (Å²) in [6.07, 6.45) is 1.34. The molecule has 1 heterocycles. The third-order valence-electron chi connectivity index (χ3n) is 2.23. The Morgan fingerprint density at radius 3 is 2.81 bits per heavy atom. The summed E-state index contributed by atoms with van der Waals surface area (Å²) in [6, 6.07) is 9.67. The molecular formula is C12H13NO3. The summed E-state index contributed by atoms with van der Waals surface area (Å²) in [5.74, 6) is 0.615. The average Bonchev–Trinajstić information content (AvgIpc) is 2.29. The molecule has 1 aromatic rings. The summed E-state index contributed by atoms with van der Waals surface area (Å²) < 4.78 is 4.91. The Morgan fingerprint density at radius 2 is 2.12 bits per heavy atom. The van der Waals surface area contributed by atoms with Crippen molar-refractivity contribution in [2.45, 2.75) is 13.5 Å². The average molecular weight is 219 g/mol. The lowest BCUT2D eigenvalue weighted by Gasteiger charge is -2.23. The smallest absolute Gasteiger partial charge is 0.414 e. The van der Waals surface area contributed by atoms with Crippen molar-refractivity contribution in [2.75, 3.05) is 6.54 Å². The third-order valence-corrected chi connectivity index (χ3v) is 2.23. The normalized spacial score (nSPS) is 15.7. The quantitative estimate of drug-likeness (QED) is 0.783. The number of benzene rings is 1. The van der Waals surface area contributed by atoms with Crippen LogP contribution in [0, 0.1) is 0 Å². The first-order valence-corrected chi connectivity index (χ1v) is 5.08. The highest BCUT2D eigenvalue weighted by Gasteiger charge is 2.20. The molecule has 2 rings (SSSR count). The predicted octanol–water partition coefficient (Wildman–Crippen LogP) is 2.47. The van der Waals surface area contributed by atoms with Gasteiger partial charge in [0.05, 0.1) is 6.54 Å². The van der Waals surface area contributed by atoms with Crippen LogP contribution >= 0.6 is 0 Å². The van der Waals surface area contributed by atoms with E-state index in [1.54, 1.807) is 13.0 Å². The van der Waals surface area contributed by atoms with Gasteiger partial charge in [-0.25, -0.2) is 4.79 Å². The molecule has 84 valence electrons. The van der Waals surface area contributed by atoms with Crippen molar-refractivity contribution in [3.05, 3.63) is 47.7 Å². The van der Waals surface area contributed by atoms with Gasteiger partial charge in [-0.3, -0.25) is 4.84 Å². The van der Waals surface area contributed by atoms with Crippen LogP contribution in [0.15, 0.2) is 42.2 Å². The molecule has 0 fully saturated rings. The zero-order valence-corrected chi connectivity index (χ0v) is 9.05. The Morgan fingerprint density at radius 1 is 1.38 bits per heavy atom. The molecule has 0 atom stereocenters. The lowest BCUT2D eigenvalue weighted by molar-refractivity contribution is -0.141. The first-order valence-electron chi connectivity index (χ1n) is 5.08. The molecule has 4 nitrogen and oxygen atoms in total. The van der Waals surface area contributed by atoms with E-state index in [0.717, 1.165) is 5.56 Å². The molecule has 1 aromatic carbocycles. The Labute approximate surface area is 94.0 Å². The van der Waals surface area contributed by atoms with Crippen LogP contribution in [0.4, 0.5) is 4.79 Å². The SMILES string of the molecule is CC1=CCN(OCc2ccccc2)C(=O)O1. The van der Waals surface area contributed by atoms with Gasteiger partial charge in [-0.05, 0) is 18.6 Å². The summed E-state index contributed by atoms with van der Waals surface area (Å²) in [5, 5.41) is 1.21. The number of hydrogen-bond acceptors (Lipinski definition) is 3. The van der Waals surface area contributed by atoms with Gasteiger partial charge in [-0.2, -0.15) is 5.06 Å². The molecule has 0 aliphatic carbocycles. The van der Waals surface area contributed by atoms with Gasteiger partial charge in [0.1, 0.15) is 12.4 Å². The number of carbonyl (C=O) groups is 1. The summed E-state index contributed by atoms with van der Waals surface area (Å²) in [7, 11) is 0. The van der Waals surface area contributed by atoms with Gasteiger partial charge in [0.2, 0.25) is 0 Å². The van der Waals surface area contributed by atoms with E-state index in [0.29, 0.717) is 18.9 Å². The van der Waals surface area contributed by atoms with Crippen molar-refractivity contribution in [1.29, 1.82) is 0 Å². The van der Waals surface area contributed by atoms with Crippen molar-refractivity contribution >= 4 is 6.09 Å². The number of hydrogen-bond donors (Lipinski definition) is 0. The van der Waals surface area contributed by atoms with E-state index in [2.05, 4.69) is 0 Å². The minimum Gasteiger partial charge on any atom is -0.414 e. The number of rotatable bonds is 3. The van der Waals surface area contributed by atoms with Gasteiger partial charge < -0.3 is 4.74 Å². The van der Waals surface area contributed by atoms with Crippen molar-refractivity contribution < 1.29 is 14.4 Å². The topological polar surface area (TPSA) is 38.8 Å². The molecule has 4 heteroatoms. The number of nitrogens with zero attached hydrogens (tertiary/aromatic N) is 1. The molecule has 0 bridgehead atoms. The van der Waals surface area contributed by atoms with Gasteiger partial charge in [-0.1, -0.05) is 30.3 Å². The van der Waals surface area contributed by atoms with E-state index in [1.165, 1.54) is 5.06 Å². The molecule has 0 saturated heterocycles. The van der Waals surface area contributed by atoms with Gasteiger partial charge >= 0.3 is 6.09 Å². The van der Waals surface area contributed by atoms with Gasteiger partial charge in [0, 0.05) is 0 Å². The fraction of sp³-hybridized carbons (Fsp3) is 0.250. The third kappa shape index (κ3) is 2.61. The monoisotopic (exact) mass is 219 g/mol. The highest BCUT2D eigenvalue weighted by Crippen LogP contribution is 2.11. The second-order valence-electron chi connectivity index (χ2n) is 3.50. The standard InChI is InChI=1S/C12H13NO3/c1-10-7-8-13(12(14)16-10)15-9-11-5-3-2-4-6-11/h2-7H,8-9H2,1H3. The molecule has 1 aliphatic heterocycles. The number of carbonyl (C=O) groups excluding carboxylic acids is 1. The number of allylic oxidation sites excluding steroid dienone is 1. The van der Waals surface area contributed by atoms with E-state index in [1.807, 2.05) is 30.3 Å². The number of hydroxylamine groups is 2. The van der Waals surface area contributed by atoms with Crippen molar-refractivity contribution in [2.24, 2.45) is 0 Å². The first-order chi connectivity index (χ1) is 7.75. The fourth-order valence-electron chi connectivity index (χ4n) is 1.35. The molecule has 0 unspecified atom stereocenters. The summed E-state index contributed by atoms with van der Waals surface area (Å²) >= 11 is 0. The largest absolute Gasteiger partial charge is 0.439 e. The molecule has 0 saturated carbocycles. The van der Waals surface area contributed by atoms with Crippen LogP contribution in [0.25, 0.3) is 0 Å². The molecular weight excluding hydrogens is 206 g/mol. The van der Waals surface area contributed by atoms with Crippen molar-refractivity contribution in [3.8, 4) is 0 Å². The summed E-state index contributed by atoms with van der Waals surface area (Å²) in [5.41, 5.74) is 1.02. The number of cyclic esters (lactones) is 1. The minimum atomic E-state index is -0.462. The maximum atomic E-state index is 11.4. The van der Waals surface area contributed by atoms with Crippen LogP contribution in [0.1, 0.15) is 12.5 Å². The molecule has 0 N–H and O–H groups in total. The molecule has 1 aliphatic rings. The first kappa shape index (κ1) is 10.7. The zero-order chi connectivity index (χ0) is 11.4.